The van der Waals surface area contributed by atoms with Crippen molar-refractivity contribution in [2.24, 2.45) is 12.8 Å². The van der Waals surface area contributed by atoms with Crippen LogP contribution in [0.4, 0.5) is 0 Å². The first-order chi connectivity index (χ1) is 20.3. The first kappa shape index (κ1) is 28.9. The fourth-order valence-corrected chi connectivity index (χ4v) is 5.52. The van der Waals surface area contributed by atoms with Gasteiger partial charge in [0.1, 0.15) is 11.6 Å². The van der Waals surface area contributed by atoms with E-state index in [4.69, 9.17) is 5.73 Å². The van der Waals surface area contributed by atoms with Gasteiger partial charge in [-0.2, -0.15) is 0 Å². The van der Waals surface area contributed by atoms with Crippen molar-refractivity contribution in [2.45, 2.75) is 57.4 Å². The van der Waals surface area contributed by atoms with Gasteiger partial charge in [0.2, 0.25) is 17.7 Å². The van der Waals surface area contributed by atoms with Gasteiger partial charge in [-0.05, 0) is 54.2 Å². The number of aryl methyl sites for hydroxylation is 2. The van der Waals surface area contributed by atoms with Crippen LogP contribution in [0.25, 0.3) is 11.0 Å². The Morgan fingerprint density at radius 3 is 2.60 bits per heavy atom. The maximum Gasteiger partial charge on any atom is 0.243 e. The van der Waals surface area contributed by atoms with E-state index in [1.54, 1.807) is 26.9 Å². The van der Waals surface area contributed by atoms with Crippen molar-refractivity contribution < 1.29 is 14.4 Å². The van der Waals surface area contributed by atoms with Gasteiger partial charge in [0.15, 0.2) is 0 Å². The average molecular weight is 569 g/mol. The second-order valence-corrected chi connectivity index (χ2v) is 10.8. The molecule has 3 atom stereocenters. The van der Waals surface area contributed by atoms with E-state index in [0.717, 1.165) is 27.7 Å². The molecule has 218 valence electrons. The van der Waals surface area contributed by atoms with Crippen molar-refractivity contribution in [1.82, 2.24) is 35.1 Å². The number of hydrogen-bond acceptors (Lipinski definition) is 7. The first-order valence-corrected chi connectivity index (χ1v) is 14.1. The zero-order valence-electron chi connectivity index (χ0n) is 23.9. The summed E-state index contributed by atoms with van der Waals surface area (Å²) in [6.07, 6.45) is 4.80. The van der Waals surface area contributed by atoms with E-state index in [-0.39, 0.29) is 36.9 Å². The molecular weight excluding hydrogens is 532 g/mol. The summed E-state index contributed by atoms with van der Waals surface area (Å²) < 4.78 is 1.69. The molecule has 2 aromatic heterocycles. The molecule has 0 bridgehead atoms. The molecule has 1 saturated heterocycles. The summed E-state index contributed by atoms with van der Waals surface area (Å²) in [5.74, 6) is -0.715. The van der Waals surface area contributed by atoms with E-state index in [0.29, 0.717) is 25.8 Å². The van der Waals surface area contributed by atoms with Crippen LogP contribution in [0.2, 0.25) is 0 Å². The standard InChI is InChI=1S/C31H36N8O3/c1-21(40)38(19-24-9-6-14-33-17-24)25-16-29(30(41)34-18-23-11-13-28-27(15-23)35-36-37(28)2)39(20-25)31(42)26(32)12-10-22-7-4-3-5-8-22/h3-9,11,13-15,17,25-26,29H,10,12,16,18-20,32H2,1-2H3,(H,34,41)/t25-,26+,29-/m0/s1. The minimum absolute atomic E-state index is 0.136. The van der Waals surface area contributed by atoms with E-state index in [1.165, 1.54) is 6.92 Å². The normalized spacial score (nSPS) is 17.3. The molecule has 5 rings (SSSR count). The van der Waals surface area contributed by atoms with E-state index in [1.807, 2.05) is 67.7 Å². The number of nitrogens with one attached hydrogen (secondary N) is 1. The van der Waals surface area contributed by atoms with Gasteiger partial charge in [0.05, 0.1) is 17.6 Å². The van der Waals surface area contributed by atoms with Crippen LogP contribution in [-0.4, -0.2) is 72.2 Å². The number of pyridine rings is 1. The second-order valence-electron chi connectivity index (χ2n) is 10.8. The third-order valence-electron chi connectivity index (χ3n) is 7.83. The SMILES string of the molecule is CC(=O)N(Cc1cccnc1)[C@H]1C[C@@H](C(=O)NCc2ccc3c(c2)nnn3C)N(C(=O)[C@H](N)CCc2ccccc2)C1. The molecular formula is C31H36N8O3. The minimum Gasteiger partial charge on any atom is -0.350 e. The highest BCUT2D eigenvalue weighted by Gasteiger charge is 2.43. The molecule has 1 fully saturated rings. The molecule has 11 nitrogen and oxygen atoms in total. The zero-order chi connectivity index (χ0) is 29.6. The molecule has 3 amide bonds. The van der Waals surface area contributed by atoms with Crippen LogP contribution in [-0.2, 0) is 40.9 Å². The Morgan fingerprint density at radius 1 is 1.07 bits per heavy atom. The summed E-state index contributed by atoms with van der Waals surface area (Å²) in [6, 6.07) is 17.4. The van der Waals surface area contributed by atoms with Crippen molar-refractivity contribution in [2.75, 3.05) is 6.54 Å². The van der Waals surface area contributed by atoms with Crippen LogP contribution < -0.4 is 11.1 Å². The van der Waals surface area contributed by atoms with Crippen LogP contribution >= 0.6 is 0 Å². The molecule has 4 aromatic rings. The van der Waals surface area contributed by atoms with Gasteiger partial charge in [0, 0.05) is 46.0 Å². The molecule has 0 radical (unpaired) electrons. The fourth-order valence-electron chi connectivity index (χ4n) is 5.52. The number of nitrogens with zero attached hydrogens (tertiary/aromatic N) is 6. The number of likely N-dealkylation sites (tertiary alicyclic amines) is 1. The maximum absolute atomic E-state index is 13.7. The summed E-state index contributed by atoms with van der Waals surface area (Å²) in [6.45, 7) is 2.33. The lowest BCUT2D eigenvalue weighted by molar-refractivity contribution is -0.139. The number of carbonyl (C=O) groups is 3. The topological polar surface area (TPSA) is 139 Å². The van der Waals surface area contributed by atoms with E-state index in [9.17, 15) is 14.4 Å². The summed E-state index contributed by atoms with van der Waals surface area (Å²) in [5, 5.41) is 11.2. The molecule has 3 heterocycles. The Hall–Kier alpha value is -4.64. The highest BCUT2D eigenvalue weighted by molar-refractivity contribution is 5.91. The third kappa shape index (κ3) is 6.63. The highest BCUT2D eigenvalue weighted by atomic mass is 16.2. The zero-order valence-corrected chi connectivity index (χ0v) is 23.9. The number of amides is 3. The second kappa shape index (κ2) is 12.9. The van der Waals surface area contributed by atoms with Crippen LogP contribution in [0.5, 0.6) is 0 Å². The van der Waals surface area contributed by atoms with Gasteiger partial charge in [-0.25, -0.2) is 4.68 Å². The number of rotatable bonds is 10. The Kier molecular flexibility index (Phi) is 8.87. The largest absolute Gasteiger partial charge is 0.350 e. The molecule has 0 aliphatic carbocycles. The lowest BCUT2D eigenvalue weighted by Crippen LogP contribution is -2.51. The van der Waals surface area contributed by atoms with Gasteiger partial charge in [-0.1, -0.05) is 47.7 Å². The lowest BCUT2D eigenvalue weighted by Gasteiger charge is -2.29. The first-order valence-electron chi connectivity index (χ1n) is 14.1. The summed E-state index contributed by atoms with van der Waals surface area (Å²) in [5.41, 5.74) is 10.9. The van der Waals surface area contributed by atoms with Crippen LogP contribution in [0, 0.1) is 0 Å². The Balaban J connectivity index is 1.32. The number of nitrogens with two attached hydrogens (primary N) is 1. The van der Waals surface area contributed by atoms with Gasteiger partial charge in [-0.3, -0.25) is 19.4 Å². The molecule has 0 spiro atoms. The van der Waals surface area contributed by atoms with Crippen molar-refractivity contribution in [3.63, 3.8) is 0 Å². The van der Waals surface area contributed by atoms with Crippen LogP contribution in [0.15, 0.2) is 73.1 Å². The van der Waals surface area contributed by atoms with Crippen molar-refractivity contribution in [1.29, 1.82) is 0 Å². The van der Waals surface area contributed by atoms with Crippen molar-refractivity contribution in [3.05, 3.63) is 89.7 Å². The average Bonchev–Trinajstić information content (AvgIpc) is 3.61. The fraction of sp³-hybridized carbons (Fsp3) is 0.355. The summed E-state index contributed by atoms with van der Waals surface area (Å²) in [7, 11) is 1.82. The number of carbonyl (C=O) groups excluding carboxylic acids is 3. The smallest absolute Gasteiger partial charge is 0.243 e. The lowest BCUT2D eigenvalue weighted by atomic mass is 10.0. The van der Waals surface area contributed by atoms with Crippen LogP contribution in [0.3, 0.4) is 0 Å². The molecule has 0 saturated carbocycles. The van der Waals surface area contributed by atoms with Crippen molar-refractivity contribution in [3.8, 4) is 0 Å². The minimum atomic E-state index is -0.776. The Bertz CT molecular complexity index is 1540. The van der Waals surface area contributed by atoms with Gasteiger partial charge in [-0.15, -0.1) is 5.10 Å². The quantitative estimate of drug-likeness (QED) is 0.298. The predicted molar refractivity (Wildman–Crippen MR) is 157 cm³/mol. The monoisotopic (exact) mass is 568 g/mol. The number of benzene rings is 2. The van der Waals surface area contributed by atoms with E-state index in [2.05, 4.69) is 20.6 Å². The molecule has 3 N–H and O–H groups in total. The van der Waals surface area contributed by atoms with Gasteiger partial charge < -0.3 is 20.9 Å². The molecule has 0 unspecified atom stereocenters. The van der Waals surface area contributed by atoms with Gasteiger partial charge >= 0.3 is 0 Å². The summed E-state index contributed by atoms with van der Waals surface area (Å²) in [4.78, 5) is 47.5. The predicted octanol–water partition coefficient (Wildman–Crippen LogP) is 1.96. The molecule has 1 aliphatic rings. The van der Waals surface area contributed by atoms with Crippen LogP contribution in [0.1, 0.15) is 36.5 Å². The number of aromatic nitrogens is 4. The summed E-state index contributed by atoms with van der Waals surface area (Å²) >= 11 is 0. The number of hydrogen-bond donors (Lipinski definition) is 2. The molecule has 1 aliphatic heterocycles. The maximum atomic E-state index is 13.7. The van der Waals surface area contributed by atoms with Crippen molar-refractivity contribution >= 4 is 28.8 Å². The van der Waals surface area contributed by atoms with Gasteiger partial charge in [0.25, 0.3) is 0 Å². The number of fused-ring (bicyclic) bond motifs is 1. The van der Waals surface area contributed by atoms with E-state index >= 15 is 0 Å². The Labute approximate surface area is 244 Å². The highest BCUT2D eigenvalue weighted by Crippen LogP contribution is 2.26. The molecule has 11 heteroatoms. The third-order valence-corrected chi connectivity index (χ3v) is 7.83. The molecule has 42 heavy (non-hydrogen) atoms. The Morgan fingerprint density at radius 2 is 1.86 bits per heavy atom. The molecule has 2 aromatic carbocycles. The van der Waals surface area contributed by atoms with E-state index < -0.39 is 12.1 Å².